The first kappa shape index (κ1) is 19.2. The Bertz CT molecular complexity index is 700. The zero-order valence-corrected chi connectivity index (χ0v) is 15.9. The van der Waals surface area contributed by atoms with Crippen molar-refractivity contribution in [2.75, 3.05) is 19.6 Å². The number of benzene rings is 1. The fourth-order valence-corrected chi connectivity index (χ4v) is 4.15. The lowest BCUT2D eigenvalue weighted by Crippen LogP contribution is -2.33. The second-order valence-corrected chi connectivity index (χ2v) is 7.36. The highest BCUT2D eigenvalue weighted by Crippen LogP contribution is 2.35. The highest BCUT2D eigenvalue weighted by molar-refractivity contribution is 7.21. The van der Waals surface area contributed by atoms with Crippen LogP contribution >= 0.6 is 22.9 Å². The van der Waals surface area contributed by atoms with Gasteiger partial charge in [-0.1, -0.05) is 25.4 Å². The molecule has 1 heterocycles. The van der Waals surface area contributed by atoms with Crippen LogP contribution in [0.25, 0.3) is 10.1 Å². The molecule has 1 aromatic carbocycles. The summed E-state index contributed by atoms with van der Waals surface area (Å²) >= 11 is 7.52. The third-order valence-corrected chi connectivity index (χ3v) is 5.84. The molecule has 0 radical (unpaired) electrons. The first-order valence-electron chi connectivity index (χ1n) is 8.37. The smallest absolute Gasteiger partial charge is 0.263 e. The minimum atomic E-state index is -0.322. The summed E-state index contributed by atoms with van der Waals surface area (Å²) in [6.07, 6.45) is 1.95. The van der Waals surface area contributed by atoms with E-state index >= 15 is 0 Å². The minimum Gasteiger partial charge on any atom is -0.349 e. The highest BCUT2D eigenvalue weighted by atomic mass is 35.5. The van der Waals surface area contributed by atoms with Crippen LogP contribution < -0.4 is 5.32 Å². The Morgan fingerprint density at radius 1 is 1.38 bits per heavy atom. The van der Waals surface area contributed by atoms with Crippen molar-refractivity contribution in [2.45, 2.75) is 39.7 Å². The monoisotopic (exact) mass is 370 g/mol. The molecule has 0 aliphatic heterocycles. The predicted molar refractivity (Wildman–Crippen MR) is 101 cm³/mol. The maximum atomic E-state index is 13.3. The van der Waals surface area contributed by atoms with Gasteiger partial charge in [0.05, 0.1) is 5.02 Å². The Morgan fingerprint density at radius 2 is 2.08 bits per heavy atom. The fourth-order valence-electron chi connectivity index (χ4n) is 2.71. The molecular weight excluding hydrogens is 347 g/mol. The van der Waals surface area contributed by atoms with Gasteiger partial charge in [-0.05, 0) is 57.6 Å². The second kappa shape index (κ2) is 8.79. The molecule has 3 nitrogen and oxygen atoms in total. The number of halogens is 2. The number of thiophene rings is 1. The van der Waals surface area contributed by atoms with E-state index in [1.54, 1.807) is 6.07 Å². The van der Waals surface area contributed by atoms with Crippen LogP contribution in [-0.2, 0) is 0 Å². The number of carbonyl (C=O) groups excluding carboxylic acids is 1. The average Bonchev–Trinajstić information content (AvgIpc) is 2.87. The molecule has 0 aliphatic carbocycles. The molecule has 2 aromatic rings. The third kappa shape index (κ3) is 4.68. The van der Waals surface area contributed by atoms with E-state index in [9.17, 15) is 9.18 Å². The van der Waals surface area contributed by atoms with Crippen molar-refractivity contribution in [3.63, 3.8) is 0 Å². The molecule has 2 rings (SSSR count). The molecule has 1 N–H and O–H groups in total. The molecule has 1 aromatic heterocycles. The van der Waals surface area contributed by atoms with E-state index in [1.165, 1.54) is 23.5 Å². The lowest BCUT2D eigenvalue weighted by molar-refractivity contribution is 0.0941. The van der Waals surface area contributed by atoms with Gasteiger partial charge >= 0.3 is 0 Å². The summed E-state index contributed by atoms with van der Waals surface area (Å²) < 4.78 is 14.0. The van der Waals surface area contributed by atoms with Gasteiger partial charge in [-0.25, -0.2) is 4.39 Å². The number of nitrogens with zero attached hydrogens (tertiary/aromatic N) is 1. The Hall–Kier alpha value is -1.17. The van der Waals surface area contributed by atoms with Gasteiger partial charge in [0.25, 0.3) is 5.91 Å². The Labute approximate surface area is 151 Å². The van der Waals surface area contributed by atoms with Crippen LogP contribution in [0.1, 0.15) is 43.3 Å². The SMILES string of the molecule is CCN(CC)CCC[C@@H](C)NC(=O)c1sc2cc(F)ccc2c1Cl. The van der Waals surface area contributed by atoms with Crippen LogP contribution in [0.2, 0.25) is 5.02 Å². The molecule has 24 heavy (non-hydrogen) atoms. The van der Waals surface area contributed by atoms with Crippen LogP contribution in [-0.4, -0.2) is 36.5 Å². The van der Waals surface area contributed by atoms with E-state index in [0.717, 1.165) is 37.9 Å². The van der Waals surface area contributed by atoms with E-state index in [4.69, 9.17) is 11.6 Å². The maximum Gasteiger partial charge on any atom is 0.263 e. The van der Waals surface area contributed by atoms with Gasteiger partial charge in [-0.3, -0.25) is 4.79 Å². The number of nitrogens with one attached hydrogen (secondary N) is 1. The number of hydrogen-bond donors (Lipinski definition) is 1. The molecule has 0 saturated heterocycles. The van der Waals surface area contributed by atoms with Crippen molar-refractivity contribution in [1.82, 2.24) is 10.2 Å². The van der Waals surface area contributed by atoms with E-state index in [2.05, 4.69) is 24.1 Å². The van der Waals surface area contributed by atoms with Gasteiger partial charge in [0.15, 0.2) is 0 Å². The first-order valence-corrected chi connectivity index (χ1v) is 9.56. The van der Waals surface area contributed by atoms with Crippen molar-refractivity contribution in [3.8, 4) is 0 Å². The van der Waals surface area contributed by atoms with Crippen LogP contribution in [0.3, 0.4) is 0 Å². The summed E-state index contributed by atoms with van der Waals surface area (Å²) in [4.78, 5) is 15.3. The first-order chi connectivity index (χ1) is 11.5. The van der Waals surface area contributed by atoms with E-state index in [0.29, 0.717) is 14.6 Å². The summed E-state index contributed by atoms with van der Waals surface area (Å²) in [5, 5.41) is 4.13. The minimum absolute atomic E-state index is 0.0751. The molecule has 6 heteroatoms. The molecule has 0 unspecified atom stereocenters. The standard InChI is InChI=1S/C18H24ClFN2OS/c1-4-22(5-2)10-6-7-12(3)21-18(23)17-16(19)14-9-8-13(20)11-15(14)24-17/h8-9,11-12H,4-7,10H2,1-3H3,(H,21,23)/t12-/m1/s1. The summed E-state index contributed by atoms with van der Waals surface area (Å²) in [7, 11) is 0. The molecule has 0 aliphatic rings. The molecule has 1 atom stereocenters. The Balaban J connectivity index is 1.95. The van der Waals surface area contributed by atoms with Gasteiger partial charge in [0.2, 0.25) is 0 Å². The number of hydrogen-bond acceptors (Lipinski definition) is 3. The number of amides is 1. The lowest BCUT2D eigenvalue weighted by atomic mass is 10.1. The van der Waals surface area contributed by atoms with Gasteiger partial charge < -0.3 is 10.2 Å². The quantitative estimate of drug-likeness (QED) is 0.714. The predicted octanol–water partition coefficient (Wildman–Crippen LogP) is 4.93. The van der Waals surface area contributed by atoms with E-state index < -0.39 is 0 Å². The van der Waals surface area contributed by atoms with Gasteiger partial charge in [0.1, 0.15) is 10.7 Å². The van der Waals surface area contributed by atoms with Crippen molar-refractivity contribution < 1.29 is 9.18 Å². The number of rotatable bonds is 8. The van der Waals surface area contributed by atoms with Gasteiger partial charge in [-0.2, -0.15) is 0 Å². The Kier molecular flexibility index (Phi) is 7.02. The largest absolute Gasteiger partial charge is 0.349 e. The van der Waals surface area contributed by atoms with Crippen molar-refractivity contribution in [2.24, 2.45) is 0 Å². The van der Waals surface area contributed by atoms with Crippen LogP contribution in [0, 0.1) is 5.82 Å². The summed E-state index contributed by atoms with van der Waals surface area (Å²) in [6.45, 7) is 9.44. The molecule has 0 bridgehead atoms. The van der Waals surface area contributed by atoms with E-state index in [1.807, 2.05) is 6.92 Å². The molecule has 1 amide bonds. The normalized spacial score (nSPS) is 12.8. The van der Waals surface area contributed by atoms with Crippen molar-refractivity contribution in [3.05, 3.63) is 33.9 Å². The number of carbonyl (C=O) groups is 1. The Morgan fingerprint density at radius 3 is 2.75 bits per heavy atom. The van der Waals surface area contributed by atoms with Crippen molar-refractivity contribution in [1.29, 1.82) is 0 Å². The summed E-state index contributed by atoms with van der Waals surface area (Å²) in [5.41, 5.74) is 0. The maximum absolute atomic E-state index is 13.3. The number of fused-ring (bicyclic) bond motifs is 1. The average molecular weight is 371 g/mol. The molecular formula is C18H24ClFN2OS. The fraction of sp³-hybridized carbons (Fsp3) is 0.500. The van der Waals surface area contributed by atoms with Gasteiger partial charge in [0, 0.05) is 16.1 Å². The lowest BCUT2D eigenvalue weighted by Gasteiger charge is -2.19. The molecule has 0 saturated carbocycles. The molecule has 0 fully saturated rings. The van der Waals surface area contributed by atoms with Gasteiger partial charge in [-0.15, -0.1) is 11.3 Å². The van der Waals surface area contributed by atoms with Crippen LogP contribution in [0.4, 0.5) is 4.39 Å². The van der Waals surface area contributed by atoms with Crippen LogP contribution in [0.5, 0.6) is 0 Å². The zero-order valence-electron chi connectivity index (χ0n) is 14.4. The zero-order chi connectivity index (χ0) is 17.7. The molecule has 132 valence electrons. The second-order valence-electron chi connectivity index (χ2n) is 5.93. The van der Waals surface area contributed by atoms with Crippen molar-refractivity contribution >= 4 is 38.9 Å². The molecule has 0 spiro atoms. The van der Waals surface area contributed by atoms with E-state index in [-0.39, 0.29) is 17.8 Å². The topological polar surface area (TPSA) is 32.3 Å². The third-order valence-electron chi connectivity index (χ3n) is 4.18. The van der Waals surface area contributed by atoms with Crippen LogP contribution in [0.15, 0.2) is 18.2 Å². The highest BCUT2D eigenvalue weighted by Gasteiger charge is 2.19. The summed E-state index contributed by atoms with van der Waals surface area (Å²) in [5.74, 6) is -0.505. The summed E-state index contributed by atoms with van der Waals surface area (Å²) in [6, 6.07) is 4.47.